The van der Waals surface area contributed by atoms with E-state index in [9.17, 15) is 4.79 Å². The number of nitriles is 1. The molecule has 0 atom stereocenters. The van der Waals surface area contributed by atoms with Crippen molar-refractivity contribution in [2.75, 3.05) is 13.2 Å². The molecule has 0 amide bonds. The smallest absolute Gasteiger partial charge is 0.352 e. The average molecular weight is 197 g/mol. The second-order valence-corrected chi connectivity index (χ2v) is 2.65. The van der Waals surface area contributed by atoms with Crippen LogP contribution in [0.15, 0.2) is 11.8 Å². The summed E-state index contributed by atoms with van der Waals surface area (Å²) in [5.74, 6) is -0.620. The van der Waals surface area contributed by atoms with Crippen LogP contribution in [0.2, 0.25) is 0 Å². The number of hydrogen-bond donors (Lipinski definition) is 0. The first-order chi connectivity index (χ1) is 6.76. The molecule has 0 unspecified atom stereocenters. The molecule has 0 spiro atoms. The average Bonchev–Trinajstić information content (AvgIpc) is 2.21. The lowest BCUT2D eigenvalue weighted by molar-refractivity contribution is -0.138. The number of nitrogens with zero attached hydrogens (tertiary/aromatic N) is 1. The van der Waals surface area contributed by atoms with E-state index in [4.69, 9.17) is 14.7 Å². The van der Waals surface area contributed by atoms with E-state index in [1.807, 2.05) is 13.8 Å². The Balaban J connectivity index is 4.06. The lowest BCUT2D eigenvalue weighted by Crippen LogP contribution is -2.08. The van der Waals surface area contributed by atoms with Crippen LogP contribution in [0.5, 0.6) is 0 Å². The summed E-state index contributed by atoms with van der Waals surface area (Å²) < 4.78 is 9.72. The molecule has 0 aliphatic carbocycles. The third-order valence-corrected chi connectivity index (χ3v) is 1.30. The fourth-order valence-electron chi connectivity index (χ4n) is 0.653. The van der Waals surface area contributed by atoms with Crippen molar-refractivity contribution in [1.82, 2.24) is 0 Å². The first kappa shape index (κ1) is 12.5. The molecule has 78 valence electrons. The Bertz CT molecular complexity index is 240. The highest BCUT2D eigenvalue weighted by atomic mass is 16.5. The Kier molecular flexibility index (Phi) is 7.24. The summed E-state index contributed by atoms with van der Waals surface area (Å²) in [4.78, 5) is 11.1. The molecular formula is C10H15NO3. The summed E-state index contributed by atoms with van der Waals surface area (Å²) in [5.41, 5.74) is -0.0908. The number of ether oxygens (including phenoxy) is 2. The van der Waals surface area contributed by atoms with Gasteiger partial charge >= 0.3 is 5.97 Å². The molecule has 4 heteroatoms. The quantitative estimate of drug-likeness (QED) is 0.214. The van der Waals surface area contributed by atoms with Gasteiger partial charge in [-0.1, -0.05) is 13.8 Å². The zero-order chi connectivity index (χ0) is 10.8. The lowest BCUT2D eigenvalue weighted by Gasteiger charge is -2.01. The summed E-state index contributed by atoms with van der Waals surface area (Å²) in [6, 6.07) is 1.73. The second kappa shape index (κ2) is 8.11. The molecule has 0 aromatic carbocycles. The van der Waals surface area contributed by atoms with Gasteiger partial charge in [0.1, 0.15) is 12.3 Å². The van der Waals surface area contributed by atoms with Gasteiger partial charge in [0.15, 0.2) is 5.57 Å². The Hall–Kier alpha value is -1.50. The van der Waals surface area contributed by atoms with Crippen molar-refractivity contribution in [2.45, 2.75) is 26.7 Å². The molecule has 0 saturated carbocycles. The molecule has 0 aliphatic heterocycles. The van der Waals surface area contributed by atoms with Crippen molar-refractivity contribution >= 4 is 5.97 Å². The molecule has 0 radical (unpaired) electrons. The maximum atomic E-state index is 11.1. The number of hydrogen-bond acceptors (Lipinski definition) is 4. The van der Waals surface area contributed by atoms with Crippen molar-refractivity contribution in [3.05, 3.63) is 11.8 Å². The fourth-order valence-corrected chi connectivity index (χ4v) is 0.653. The van der Waals surface area contributed by atoms with Gasteiger partial charge in [-0.3, -0.25) is 0 Å². The number of esters is 1. The molecular weight excluding hydrogens is 182 g/mol. The van der Waals surface area contributed by atoms with E-state index in [-0.39, 0.29) is 5.57 Å². The SMILES string of the molecule is CCCO/C=C(\C#N)C(=O)OCCC. The standard InChI is InChI=1S/C10H15NO3/c1-3-5-13-8-9(7-11)10(12)14-6-4-2/h8H,3-6H2,1-2H3/b9-8+. The van der Waals surface area contributed by atoms with Gasteiger partial charge in [0.2, 0.25) is 0 Å². The molecule has 14 heavy (non-hydrogen) atoms. The third-order valence-electron chi connectivity index (χ3n) is 1.30. The van der Waals surface area contributed by atoms with E-state index in [0.717, 1.165) is 19.1 Å². The molecule has 0 N–H and O–H groups in total. The molecule has 0 heterocycles. The summed E-state index contributed by atoms with van der Waals surface area (Å²) in [5, 5.41) is 8.60. The minimum absolute atomic E-state index is 0.0908. The highest BCUT2D eigenvalue weighted by Crippen LogP contribution is 1.98. The molecule has 0 aliphatic rings. The van der Waals surface area contributed by atoms with Crippen molar-refractivity contribution in [1.29, 1.82) is 5.26 Å². The van der Waals surface area contributed by atoms with E-state index in [1.54, 1.807) is 6.07 Å². The van der Waals surface area contributed by atoms with Crippen LogP contribution in [0.4, 0.5) is 0 Å². The maximum absolute atomic E-state index is 11.1. The number of carbonyl (C=O) groups is 1. The monoisotopic (exact) mass is 197 g/mol. The van der Waals surface area contributed by atoms with Gasteiger partial charge in [0.05, 0.1) is 13.2 Å². The molecule has 0 aromatic rings. The molecule has 0 rings (SSSR count). The van der Waals surface area contributed by atoms with Crippen molar-refractivity contribution in [3.8, 4) is 6.07 Å². The summed E-state index contributed by atoms with van der Waals surface area (Å²) in [6.45, 7) is 4.64. The van der Waals surface area contributed by atoms with E-state index < -0.39 is 5.97 Å². The highest BCUT2D eigenvalue weighted by Gasteiger charge is 2.09. The Morgan fingerprint density at radius 3 is 2.50 bits per heavy atom. The largest absolute Gasteiger partial charge is 0.500 e. The third kappa shape index (κ3) is 5.20. The number of rotatable bonds is 6. The minimum Gasteiger partial charge on any atom is -0.500 e. The van der Waals surface area contributed by atoms with E-state index in [0.29, 0.717) is 13.2 Å². The van der Waals surface area contributed by atoms with Gasteiger partial charge in [0, 0.05) is 0 Å². The van der Waals surface area contributed by atoms with Crippen molar-refractivity contribution < 1.29 is 14.3 Å². The molecule has 0 fully saturated rings. The van der Waals surface area contributed by atoms with Crippen LogP contribution in [-0.4, -0.2) is 19.2 Å². The molecule has 4 nitrogen and oxygen atoms in total. The van der Waals surface area contributed by atoms with Crippen LogP contribution < -0.4 is 0 Å². The van der Waals surface area contributed by atoms with Crippen LogP contribution in [0, 0.1) is 11.3 Å². The maximum Gasteiger partial charge on any atom is 0.352 e. The van der Waals surface area contributed by atoms with Crippen LogP contribution in [0.3, 0.4) is 0 Å². The van der Waals surface area contributed by atoms with E-state index >= 15 is 0 Å². The highest BCUT2D eigenvalue weighted by molar-refractivity contribution is 5.92. The van der Waals surface area contributed by atoms with Gasteiger partial charge in [0.25, 0.3) is 0 Å². The topological polar surface area (TPSA) is 59.3 Å². The summed E-state index contributed by atoms with van der Waals surface area (Å²) in [6.07, 6.45) is 2.72. The second-order valence-electron chi connectivity index (χ2n) is 2.65. The molecule has 0 bridgehead atoms. The van der Waals surface area contributed by atoms with Crippen LogP contribution >= 0.6 is 0 Å². The summed E-state index contributed by atoms with van der Waals surface area (Å²) >= 11 is 0. The molecule has 0 saturated heterocycles. The zero-order valence-corrected chi connectivity index (χ0v) is 8.58. The Morgan fingerprint density at radius 2 is 2.00 bits per heavy atom. The van der Waals surface area contributed by atoms with E-state index in [1.165, 1.54) is 0 Å². The Morgan fingerprint density at radius 1 is 1.36 bits per heavy atom. The van der Waals surface area contributed by atoms with Gasteiger partial charge in [-0.15, -0.1) is 0 Å². The van der Waals surface area contributed by atoms with Gasteiger partial charge in [-0.25, -0.2) is 4.79 Å². The first-order valence-electron chi connectivity index (χ1n) is 4.65. The van der Waals surface area contributed by atoms with Crippen molar-refractivity contribution in [2.24, 2.45) is 0 Å². The van der Waals surface area contributed by atoms with Gasteiger partial charge in [-0.2, -0.15) is 5.26 Å². The normalized spacial score (nSPS) is 10.5. The van der Waals surface area contributed by atoms with Crippen molar-refractivity contribution in [3.63, 3.8) is 0 Å². The lowest BCUT2D eigenvalue weighted by atomic mass is 10.3. The van der Waals surface area contributed by atoms with Gasteiger partial charge in [-0.05, 0) is 12.8 Å². The minimum atomic E-state index is -0.620. The van der Waals surface area contributed by atoms with Crippen LogP contribution in [-0.2, 0) is 14.3 Å². The Labute approximate surface area is 84.1 Å². The molecule has 0 aromatic heterocycles. The zero-order valence-electron chi connectivity index (χ0n) is 8.58. The van der Waals surface area contributed by atoms with Gasteiger partial charge < -0.3 is 9.47 Å². The summed E-state index contributed by atoms with van der Waals surface area (Å²) in [7, 11) is 0. The van der Waals surface area contributed by atoms with Crippen LogP contribution in [0.25, 0.3) is 0 Å². The first-order valence-corrected chi connectivity index (χ1v) is 4.65. The predicted molar refractivity (Wildman–Crippen MR) is 51.2 cm³/mol. The number of carbonyl (C=O) groups excluding carboxylic acids is 1. The fraction of sp³-hybridized carbons (Fsp3) is 0.600. The van der Waals surface area contributed by atoms with E-state index in [2.05, 4.69) is 0 Å². The predicted octanol–water partition coefficient (Wildman–Crippen LogP) is 1.77. The van der Waals surface area contributed by atoms with Crippen LogP contribution in [0.1, 0.15) is 26.7 Å².